The average Bonchev–Trinajstić information content (AvgIpc) is 3.75. The molecule has 0 saturated carbocycles. The number of piperazine rings is 1. The molecule has 11 heteroatoms. The lowest BCUT2D eigenvalue weighted by atomic mass is 10.1. The van der Waals surface area contributed by atoms with Gasteiger partial charge in [0.05, 0.1) is 30.8 Å². The molecule has 6 rings (SSSR count). The molecule has 10 nitrogen and oxygen atoms in total. The number of nitrogens with zero attached hydrogens (tertiary/aromatic N) is 5. The maximum absolute atomic E-state index is 13.1. The molecule has 0 aliphatic carbocycles. The number of aromatic nitrogens is 3. The van der Waals surface area contributed by atoms with Crippen LogP contribution in [0.1, 0.15) is 6.42 Å². The molecule has 0 unspecified atom stereocenters. The maximum atomic E-state index is 13.1. The zero-order valence-electron chi connectivity index (χ0n) is 21.8. The van der Waals surface area contributed by atoms with Gasteiger partial charge in [0.25, 0.3) is 0 Å². The first kappa shape index (κ1) is 25.3. The number of amides is 2. The highest BCUT2D eigenvalue weighted by atomic mass is 32.1. The highest BCUT2D eigenvalue weighted by Gasteiger charge is 2.31. The SMILES string of the molecule is COc1ccc(-c2n[nH]c3ccc(NC(=O)[C@@H]4CCN(CC(=O)N5CCN(c6nccs6)CC5)C4)cc23)cc1. The van der Waals surface area contributed by atoms with E-state index in [1.54, 1.807) is 18.4 Å². The van der Waals surface area contributed by atoms with Crippen molar-refractivity contribution in [2.45, 2.75) is 6.42 Å². The minimum Gasteiger partial charge on any atom is -0.497 e. The Morgan fingerprint density at radius 3 is 2.67 bits per heavy atom. The van der Waals surface area contributed by atoms with Crippen LogP contribution in [0.15, 0.2) is 54.0 Å². The Hall–Kier alpha value is -3.96. The average molecular weight is 546 g/mol. The van der Waals surface area contributed by atoms with E-state index >= 15 is 0 Å². The molecule has 2 aromatic heterocycles. The number of methoxy groups -OCH3 is 1. The molecular weight excluding hydrogens is 514 g/mol. The Bertz CT molecular complexity index is 1450. The van der Waals surface area contributed by atoms with E-state index in [9.17, 15) is 9.59 Å². The van der Waals surface area contributed by atoms with Crippen molar-refractivity contribution < 1.29 is 14.3 Å². The van der Waals surface area contributed by atoms with Crippen LogP contribution in [0.25, 0.3) is 22.2 Å². The van der Waals surface area contributed by atoms with Crippen LogP contribution in [0.3, 0.4) is 0 Å². The molecule has 0 bridgehead atoms. The third kappa shape index (κ3) is 5.45. The molecule has 202 valence electrons. The molecule has 0 radical (unpaired) electrons. The van der Waals surface area contributed by atoms with E-state index in [1.165, 1.54) is 0 Å². The summed E-state index contributed by atoms with van der Waals surface area (Å²) in [5, 5.41) is 14.6. The number of ether oxygens (including phenoxy) is 1. The molecule has 4 aromatic rings. The lowest BCUT2D eigenvalue weighted by molar-refractivity contribution is -0.132. The monoisotopic (exact) mass is 545 g/mol. The molecule has 2 amide bonds. The standard InChI is InChI=1S/C28H31N7O3S/c1-38-22-5-2-19(3-6-22)26-23-16-21(4-7-24(23)31-32-26)30-27(37)20-8-10-33(17-20)18-25(36)34-11-13-35(14-12-34)28-29-9-15-39-28/h2-7,9,15-16,20H,8,10-14,17-18H2,1H3,(H,30,37)(H,31,32)/t20-/m1/s1. The summed E-state index contributed by atoms with van der Waals surface area (Å²) < 4.78 is 5.26. The van der Waals surface area contributed by atoms with E-state index in [-0.39, 0.29) is 17.7 Å². The molecule has 4 heterocycles. The van der Waals surface area contributed by atoms with Gasteiger partial charge in [-0.1, -0.05) is 0 Å². The van der Waals surface area contributed by atoms with Gasteiger partial charge in [-0.2, -0.15) is 5.10 Å². The van der Waals surface area contributed by atoms with Crippen molar-refractivity contribution in [3.8, 4) is 17.0 Å². The van der Waals surface area contributed by atoms with Crippen molar-refractivity contribution >= 4 is 44.9 Å². The number of anilines is 2. The molecule has 0 spiro atoms. The number of nitrogens with one attached hydrogen (secondary N) is 2. The molecule has 1 atom stereocenters. The Labute approximate surface area is 230 Å². The molecule has 2 fully saturated rings. The minimum absolute atomic E-state index is 0.0177. The van der Waals surface area contributed by atoms with Gasteiger partial charge in [0.2, 0.25) is 11.8 Å². The van der Waals surface area contributed by atoms with Crippen LogP contribution in [-0.2, 0) is 9.59 Å². The Morgan fingerprint density at radius 2 is 1.92 bits per heavy atom. The predicted octanol–water partition coefficient (Wildman–Crippen LogP) is 3.30. The number of likely N-dealkylation sites (tertiary alicyclic amines) is 1. The fourth-order valence-corrected chi connectivity index (χ4v) is 6.00. The summed E-state index contributed by atoms with van der Waals surface area (Å²) in [6.45, 7) is 4.67. The van der Waals surface area contributed by atoms with E-state index in [4.69, 9.17) is 4.74 Å². The van der Waals surface area contributed by atoms with Gasteiger partial charge in [-0.05, 0) is 55.4 Å². The second-order valence-corrected chi connectivity index (χ2v) is 10.8. The number of carbonyl (C=O) groups excluding carboxylic acids is 2. The summed E-state index contributed by atoms with van der Waals surface area (Å²) in [4.78, 5) is 36.7. The third-order valence-corrected chi connectivity index (χ3v) is 8.35. The van der Waals surface area contributed by atoms with Gasteiger partial charge in [0, 0.05) is 60.9 Å². The zero-order valence-corrected chi connectivity index (χ0v) is 22.6. The van der Waals surface area contributed by atoms with Crippen molar-refractivity contribution in [2.75, 3.05) is 63.1 Å². The van der Waals surface area contributed by atoms with Gasteiger partial charge < -0.3 is 19.9 Å². The van der Waals surface area contributed by atoms with E-state index in [1.807, 2.05) is 58.9 Å². The molecule has 2 aromatic carbocycles. The van der Waals surface area contributed by atoms with E-state index in [2.05, 4.69) is 30.3 Å². The van der Waals surface area contributed by atoms with Gasteiger partial charge in [0.1, 0.15) is 5.75 Å². The van der Waals surface area contributed by atoms with E-state index < -0.39 is 0 Å². The highest BCUT2D eigenvalue weighted by Crippen LogP contribution is 2.30. The fourth-order valence-electron chi connectivity index (χ4n) is 5.31. The summed E-state index contributed by atoms with van der Waals surface area (Å²) in [5.74, 6) is 0.746. The first-order valence-corrected chi connectivity index (χ1v) is 14.0. The molecular formula is C28H31N7O3S. The van der Waals surface area contributed by atoms with Crippen LogP contribution in [0, 0.1) is 5.92 Å². The van der Waals surface area contributed by atoms with E-state index in [0.29, 0.717) is 26.2 Å². The van der Waals surface area contributed by atoms with Crippen LogP contribution in [0.5, 0.6) is 5.75 Å². The van der Waals surface area contributed by atoms with Crippen LogP contribution in [0.2, 0.25) is 0 Å². The number of carbonyl (C=O) groups is 2. The summed E-state index contributed by atoms with van der Waals surface area (Å²) in [6, 6.07) is 13.5. The smallest absolute Gasteiger partial charge is 0.236 e. The number of thiazole rings is 1. The summed E-state index contributed by atoms with van der Waals surface area (Å²) >= 11 is 1.63. The fraction of sp³-hybridized carbons (Fsp3) is 0.357. The second kappa shape index (κ2) is 11.0. The summed E-state index contributed by atoms with van der Waals surface area (Å²) in [7, 11) is 1.64. The van der Waals surface area contributed by atoms with Gasteiger partial charge >= 0.3 is 0 Å². The molecule has 39 heavy (non-hydrogen) atoms. The molecule has 2 saturated heterocycles. The Balaban J connectivity index is 1.03. The normalized spacial score (nSPS) is 18.0. The largest absolute Gasteiger partial charge is 0.497 e. The minimum atomic E-state index is -0.152. The lowest BCUT2D eigenvalue weighted by Gasteiger charge is -2.35. The molecule has 2 N–H and O–H groups in total. The summed E-state index contributed by atoms with van der Waals surface area (Å²) in [5.41, 5.74) is 3.42. The number of rotatable bonds is 7. The van der Waals surface area contributed by atoms with Gasteiger partial charge in [-0.15, -0.1) is 11.3 Å². The number of hydrogen-bond acceptors (Lipinski definition) is 8. The zero-order chi connectivity index (χ0) is 26.8. The van der Waals surface area contributed by atoms with Crippen molar-refractivity contribution in [3.63, 3.8) is 0 Å². The number of aromatic amines is 1. The number of fused-ring (bicyclic) bond motifs is 1. The van der Waals surface area contributed by atoms with Gasteiger partial charge in [-0.3, -0.25) is 19.6 Å². The molecule has 2 aliphatic heterocycles. The Kier molecular flexibility index (Phi) is 7.16. The van der Waals surface area contributed by atoms with Crippen LogP contribution in [0.4, 0.5) is 10.8 Å². The first-order chi connectivity index (χ1) is 19.1. The maximum Gasteiger partial charge on any atom is 0.236 e. The van der Waals surface area contributed by atoms with Crippen LogP contribution in [-0.4, -0.2) is 89.7 Å². The van der Waals surface area contributed by atoms with Gasteiger partial charge in [-0.25, -0.2) is 4.98 Å². The third-order valence-electron chi connectivity index (χ3n) is 7.52. The second-order valence-electron chi connectivity index (χ2n) is 9.95. The lowest BCUT2D eigenvalue weighted by Crippen LogP contribution is -2.51. The number of hydrogen-bond donors (Lipinski definition) is 2. The topological polar surface area (TPSA) is 107 Å². The van der Waals surface area contributed by atoms with Crippen LogP contribution < -0.4 is 15.0 Å². The van der Waals surface area contributed by atoms with Crippen molar-refractivity contribution in [1.29, 1.82) is 0 Å². The van der Waals surface area contributed by atoms with Gasteiger partial charge in [0.15, 0.2) is 5.13 Å². The Morgan fingerprint density at radius 1 is 1.10 bits per heavy atom. The quantitative estimate of drug-likeness (QED) is 0.367. The first-order valence-electron chi connectivity index (χ1n) is 13.2. The van der Waals surface area contributed by atoms with Crippen molar-refractivity contribution in [2.24, 2.45) is 5.92 Å². The number of H-pyrrole nitrogens is 1. The highest BCUT2D eigenvalue weighted by molar-refractivity contribution is 7.13. The molecule has 2 aliphatic rings. The number of benzene rings is 2. The van der Waals surface area contributed by atoms with Crippen molar-refractivity contribution in [3.05, 3.63) is 54.0 Å². The van der Waals surface area contributed by atoms with Crippen LogP contribution >= 0.6 is 11.3 Å². The predicted molar refractivity (Wildman–Crippen MR) is 152 cm³/mol. The van der Waals surface area contributed by atoms with Crippen molar-refractivity contribution in [1.82, 2.24) is 25.0 Å². The van der Waals surface area contributed by atoms with E-state index in [0.717, 1.165) is 64.8 Å². The summed E-state index contributed by atoms with van der Waals surface area (Å²) in [6.07, 6.45) is 2.55.